The topological polar surface area (TPSA) is 25.6 Å². The molecule has 1 aliphatic heterocycles. The lowest BCUT2D eigenvalue weighted by atomic mass is 9.87. The van der Waals surface area contributed by atoms with E-state index in [2.05, 4.69) is 193 Å². The Morgan fingerprint density at radius 3 is 1.49 bits per heavy atom. The molecule has 1 aromatic heterocycles. The van der Waals surface area contributed by atoms with Crippen LogP contribution in [0.15, 0.2) is 217 Å². The highest BCUT2D eigenvalue weighted by molar-refractivity contribution is 6.09. The first-order valence-electron chi connectivity index (χ1n) is 19.3. The van der Waals surface area contributed by atoms with Gasteiger partial charge in [-0.25, -0.2) is 0 Å². The molecule has 0 spiro atoms. The van der Waals surface area contributed by atoms with Crippen LogP contribution in [0.4, 0.5) is 17.1 Å². The van der Waals surface area contributed by atoms with E-state index in [9.17, 15) is 0 Å². The van der Waals surface area contributed by atoms with E-state index >= 15 is 0 Å². The van der Waals surface area contributed by atoms with Crippen molar-refractivity contribution in [3.8, 4) is 67.1 Å². The Hall–Kier alpha value is -7.62. The van der Waals surface area contributed by atoms with Gasteiger partial charge in [0.15, 0.2) is 0 Å². The molecule has 57 heavy (non-hydrogen) atoms. The predicted molar refractivity (Wildman–Crippen MR) is 236 cm³/mol. The highest BCUT2D eigenvalue weighted by Crippen LogP contribution is 2.50. The number of furan rings is 1. The summed E-state index contributed by atoms with van der Waals surface area (Å²) >= 11 is 0. The average molecular weight is 730 g/mol. The van der Waals surface area contributed by atoms with Gasteiger partial charge in [-0.3, -0.25) is 0 Å². The van der Waals surface area contributed by atoms with Crippen molar-refractivity contribution < 1.29 is 9.15 Å². The van der Waals surface area contributed by atoms with Crippen LogP contribution in [-0.4, -0.2) is 0 Å². The summed E-state index contributed by atoms with van der Waals surface area (Å²) in [6.45, 7) is 0. The normalized spacial score (nSPS) is 11.6. The molecule has 11 rings (SSSR count). The van der Waals surface area contributed by atoms with E-state index in [1.54, 1.807) is 0 Å². The summed E-state index contributed by atoms with van der Waals surface area (Å²) in [6, 6.07) is 75.0. The van der Waals surface area contributed by atoms with Crippen molar-refractivity contribution in [2.75, 3.05) is 4.90 Å². The van der Waals surface area contributed by atoms with Gasteiger partial charge in [-0.2, -0.15) is 0 Å². The van der Waals surface area contributed by atoms with Crippen molar-refractivity contribution in [1.82, 2.24) is 0 Å². The highest BCUT2D eigenvalue weighted by atomic mass is 16.5. The van der Waals surface area contributed by atoms with Crippen molar-refractivity contribution in [2.45, 2.75) is 0 Å². The van der Waals surface area contributed by atoms with Crippen LogP contribution in [0.2, 0.25) is 0 Å². The third kappa shape index (κ3) is 5.68. The number of nitrogens with zero attached hydrogens (tertiary/aromatic N) is 1. The minimum Gasteiger partial charge on any atom is -0.456 e. The summed E-state index contributed by atoms with van der Waals surface area (Å²) in [4.78, 5) is 2.33. The van der Waals surface area contributed by atoms with Gasteiger partial charge < -0.3 is 14.1 Å². The van der Waals surface area contributed by atoms with Crippen molar-refractivity contribution in [3.05, 3.63) is 212 Å². The minimum absolute atomic E-state index is 0.859. The fourth-order valence-corrected chi connectivity index (χ4v) is 8.40. The Morgan fingerprint density at radius 2 is 0.772 bits per heavy atom. The smallest absolute Gasteiger partial charge is 0.143 e. The Labute approximate surface area is 331 Å². The van der Waals surface area contributed by atoms with Crippen molar-refractivity contribution in [2.24, 2.45) is 0 Å². The molecule has 0 fully saturated rings. The maximum Gasteiger partial charge on any atom is 0.143 e. The molecule has 0 saturated carbocycles. The van der Waals surface area contributed by atoms with E-state index in [-0.39, 0.29) is 0 Å². The van der Waals surface area contributed by atoms with E-state index in [0.717, 1.165) is 89.4 Å². The molecule has 0 saturated heterocycles. The minimum atomic E-state index is 0.859. The fourth-order valence-electron chi connectivity index (χ4n) is 8.40. The maximum absolute atomic E-state index is 6.52. The number of ether oxygens (including phenoxy) is 1. The number of anilines is 3. The van der Waals surface area contributed by atoms with E-state index in [4.69, 9.17) is 9.15 Å². The lowest BCUT2D eigenvalue weighted by Crippen LogP contribution is -2.09. The van der Waals surface area contributed by atoms with Crippen LogP contribution in [-0.2, 0) is 0 Å². The largest absolute Gasteiger partial charge is 0.456 e. The molecule has 0 unspecified atom stereocenters. The SMILES string of the molecule is c1ccc(-c2ccc(N(c3ccc(-c4cccc5c4-c4ccccc4Oc4ccccc4-5)cc3)c3ccc(-c4cccc5c4oc4ccccc45)cc3)cc2)cc1. The van der Waals surface area contributed by atoms with Gasteiger partial charge in [-0.05, 0) is 88.0 Å². The van der Waals surface area contributed by atoms with Gasteiger partial charge in [0.05, 0.1) is 0 Å². The van der Waals surface area contributed by atoms with Crippen molar-refractivity contribution in [1.29, 1.82) is 0 Å². The Morgan fingerprint density at radius 1 is 0.298 bits per heavy atom. The molecule has 9 aromatic carbocycles. The number of hydrogen-bond acceptors (Lipinski definition) is 3. The monoisotopic (exact) mass is 729 g/mol. The van der Waals surface area contributed by atoms with Crippen LogP contribution in [0.1, 0.15) is 0 Å². The molecule has 0 N–H and O–H groups in total. The summed E-state index contributed by atoms with van der Waals surface area (Å²) in [6.07, 6.45) is 0. The van der Waals surface area contributed by atoms with Crippen molar-refractivity contribution in [3.63, 3.8) is 0 Å². The van der Waals surface area contributed by atoms with E-state index in [1.807, 2.05) is 24.3 Å². The summed E-state index contributed by atoms with van der Waals surface area (Å²) in [5.41, 5.74) is 16.4. The zero-order valence-electron chi connectivity index (χ0n) is 31.0. The molecule has 0 atom stereocenters. The molecule has 0 aliphatic carbocycles. The molecule has 3 nitrogen and oxygen atoms in total. The van der Waals surface area contributed by atoms with Crippen LogP contribution in [0.5, 0.6) is 11.5 Å². The third-order valence-corrected chi connectivity index (χ3v) is 11.1. The summed E-state index contributed by atoms with van der Waals surface area (Å²) < 4.78 is 12.9. The first-order chi connectivity index (χ1) is 28.3. The average Bonchev–Trinajstić information content (AvgIpc) is 3.60. The maximum atomic E-state index is 6.52. The zero-order valence-corrected chi connectivity index (χ0v) is 31.0. The number of hydrogen-bond donors (Lipinski definition) is 0. The third-order valence-electron chi connectivity index (χ3n) is 11.1. The van der Waals surface area contributed by atoms with Gasteiger partial charge >= 0.3 is 0 Å². The summed E-state index contributed by atoms with van der Waals surface area (Å²) in [7, 11) is 0. The molecular weight excluding hydrogens is 695 g/mol. The van der Waals surface area contributed by atoms with Gasteiger partial charge in [-0.1, -0.05) is 158 Å². The van der Waals surface area contributed by atoms with Crippen LogP contribution in [0, 0.1) is 0 Å². The first-order valence-corrected chi connectivity index (χ1v) is 19.3. The number of benzene rings is 9. The second-order valence-electron chi connectivity index (χ2n) is 14.4. The van der Waals surface area contributed by atoms with E-state index in [0.29, 0.717) is 0 Å². The Kier molecular flexibility index (Phi) is 7.82. The van der Waals surface area contributed by atoms with Gasteiger partial charge in [0.25, 0.3) is 0 Å². The number of para-hydroxylation sites is 4. The van der Waals surface area contributed by atoms with Gasteiger partial charge in [-0.15, -0.1) is 0 Å². The summed E-state index contributed by atoms with van der Waals surface area (Å²) in [5, 5.41) is 2.26. The molecular formula is C54H35NO2. The standard InChI is InChI=1S/C54H35NO2/c1-2-12-36(13-3-1)37-24-30-40(31-25-37)55(42-34-28-39(29-35-42)44-18-11-20-48-46-15-5-8-22-51(46)57-54(44)48)41-32-26-38(27-33-41)43-17-10-19-47-45-14-4-7-21-50(45)56-52-23-9-6-16-49(52)53(43)47/h1-35H. The van der Waals surface area contributed by atoms with Crippen molar-refractivity contribution >= 4 is 39.0 Å². The van der Waals surface area contributed by atoms with Crippen LogP contribution >= 0.6 is 0 Å². The van der Waals surface area contributed by atoms with Crippen LogP contribution in [0.3, 0.4) is 0 Å². The van der Waals surface area contributed by atoms with Gasteiger partial charge in [0, 0.05) is 50.1 Å². The lowest BCUT2D eigenvalue weighted by molar-refractivity contribution is 0.488. The first kappa shape index (κ1) is 32.8. The second kappa shape index (κ2) is 13.6. The lowest BCUT2D eigenvalue weighted by Gasteiger charge is -2.26. The van der Waals surface area contributed by atoms with E-state index < -0.39 is 0 Å². The van der Waals surface area contributed by atoms with Gasteiger partial charge in [0.2, 0.25) is 0 Å². The quantitative estimate of drug-likeness (QED) is 0.170. The second-order valence-corrected chi connectivity index (χ2v) is 14.4. The number of rotatable bonds is 6. The Bertz CT molecular complexity index is 3070. The molecule has 0 bridgehead atoms. The van der Waals surface area contributed by atoms with Crippen LogP contribution < -0.4 is 9.64 Å². The van der Waals surface area contributed by atoms with Gasteiger partial charge in [0.1, 0.15) is 22.7 Å². The Balaban J connectivity index is 1.01. The number of fused-ring (bicyclic) bond motifs is 8. The molecule has 2 heterocycles. The fraction of sp³-hybridized carbons (Fsp3) is 0. The molecule has 0 amide bonds. The zero-order chi connectivity index (χ0) is 37.7. The molecule has 10 aromatic rings. The van der Waals surface area contributed by atoms with Crippen LogP contribution in [0.25, 0.3) is 77.6 Å². The summed E-state index contributed by atoms with van der Waals surface area (Å²) in [5.74, 6) is 1.73. The predicted octanol–water partition coefficient (Wildman–Crippen LogP) is 15.5. The molecule has 268 valence electrons. The molecule has 3 heteroatoms. The van der Waals surface area contributed by atoms with E-state index in [1.165, 1.54) is 16.7 Å². The molecule has 0 radical (unpaired) electrons. The highest BCUT2D eigenvalue weighted by Gasteiger charge is 2.24. The molecule has 1 aliphatic rings.